The smallest absolute Gasteiger partial charge is 0.152 e. The van der Waals surface area contributed by atoms with Gasteiger partial charge >= 0.3 is 0 Å². The Bertz CT molecular complexity index is 709. The Kier molecular flexibility index (Phi) is 3.73. The Morgan fingerprint density at radius 2 is 1.90 bits per heavy atom. The molecule has 0 atom stereocenters. The summed E-state index contributed by atoms with van der Waals surface area (Å²) < 4.78 is 2.76. The van der Waals surface area contributed by atoms with Crippen molar-refractivity contribution in [2.45, 2.75) is 12.7 Å². The van der Waals surface area contributed by atoms with Gasteiger partial charge in [0.15, 0.2) is 0 Å². The third-order valence-electron chi connectivity index (χ3n) is 2.57. The average molecular weight is 378 g/mol. The predicted molar refractivity (Wildman–Crippen MR) is 77.5 cm³/mol. The molecule has 0 saturated carbocycles. The van der Waals surface area contributed by atoms with Gasteiger partial charge in [-0.05, 0) is 19.6 Å². The summed E-state index contributed by atoms with van der Waals surface area (Å²) in [7, 11) is 0. The lowest BCUT2D eigenvalue weighted by Crippen LogP contribution is -2.00. The molecule has 2 heterocycles. The Morgan fingerprint density at radius 3 is 2.60 bits per heavy atom. The third-order valence-corrected chi connectivity index (χ3v) is 2.95. The van der Waals surface area contributed by atoms with Crippen LogP contribution in [0.2, 0.25) is 0 Å². The van der Waals surface area contributed by atoms with Crippen LogP contribution in [0.1, 0.15) is 11.7 Å². The van der Waals surface area contributed by atoms with E-state index in [1.165, 1.54) is 4.80 Å². The van der Waals surface area contributed by atoms with Gasteiger partial charge in [-0.2, -0.15) is 4.80 Å². The molecule has 0 spiro atoms. The van der Waals surface area contributed by atoms with Gasteiger partial charge < -0.3 is 0 Å². The summed E-state index contributed by atoms with van der Waals surface area (Å²) in [6.07, 6.45) is -0.341. The van der Waals surface area contributed by atoms with Crippen molar-refractivity contribution >= 4 is 22.6 Å². The molecule has 0 radical (unpaired) electrons. The van der Waals surface area contributed by atoms with Crippen LogP contribution >= 0.6 is 22.6 Å². The highest BCUT2D eigenvalue weighted by atomic mass is 127. The first-order valence-corrected chi connectivity index (χ1v) is 6.71. The van der Waals surface area contributed by atoms with Crippen molar-refractivity contribution in [3.05, 3.63) is 29.8 Å². The highest BCUT2D eigenvalue weighted by Gasteiger charge is 2.13. The molecule has 20 heavy (non-hydrogen) atoms. The number of hydrogen-bond acceptors (Lipinski definition) is 7. The lowest BCUT2D eigenvalue weighted by molar-refractivity contribution is 0.592. The minimum atomic E-state index is -0.341. The van der Waals surface area contributed by atoms with E-state index in [1.54, 1.807) is 0 Å². The van der Waals surface area contributed by atoms with Gasteiger partial charge in [-0.3, -0.25) is 0 Å². The van der Waals surface area contributed by atoms with Crippen molar-refractivity contribution in [3.63, 3.8) is 0 Å². The molecule has 8 nitrogen and oxygen atoms in total. The molecular weight excluding hydrogens is 371 g/mol. The lowest BCUT2D eigenvalue weighted by atomic mass is 10.1. The largest absolute Gasteiger partial charge is 0.210 e. The van der Waals surface area contributed by atoms with E-state index in [0.717, 1.165) is 11.1 Å². The van der Waals surface area contributed by atoms with E-state index in [4.69, 9.17) is 0 Å². The first-order valence-electron chi connectivity index (χ1n) is 5.63. The molecule has 1 aromatic heterocycles. The number of aromatic nitrogens is 4. The van der Waals surface area contributed by atoms with Crippen LogP contribution < -0.4 is 0 Å². The molecule has 0 amide bonds. The van der Waals surface area contributed by atoms with Crippen molar-refractivity contribution in [2.75, 3.05) is 0 Å². The molecule has 0 fully saturated rings. The third kappa shape index (κ3) is 2.69. The van der Waals surface area contributed by atoms with Gasteiger partial charge in [-0.25, -0.2) is 0 Å². The van der Waals surface area contributed by atoms with E-state index < -0.39 is 0 Å². The molecule has 1 aliphatic rings. The second kappa shape index (κ2) is 5.83. The van der Waals surface area contributed by atoms with Crippen LogP contribution in [-0.4, -0.2) is 20.2 Å². The van der Waals surface area contributed by atoms with Crippen molar-refractivity contribution in [2.24, 2.45) is 20.7 Å². The van der Waals surface area contributed by atoms with Crippen molar-refractivity contribution < 1.29 is 0 Å². The van der Waals surface area contributed by atoms with Crippen LogP contribution in [0.4, 0.5) is 0 Å². The summed E-state index contributed by atoms with van der Waals surface area (Å²) in [5.41, 5.74) is 1.79. The maximum absolute atomic E-state index is 4.25. The molecule has 1 aromatic carbocycles. The molecule has 9 heteroatoms. The van der Waals surface area contributed by atoms with Crippen LogP contribution in [0.15, 0.2) is 44.9 Å². The van der Waals surface area contributed by atoms with E-state index in [0.29, 0.717) is 12.4 Å². The zero-order valence-corrected chi connectivity index (χ0v) is 12.2. The standard InChI is InChI=1S/C11H7IN8/c12-6-1-7-20-16-11(15-19-20)9-4-2-8(3-5-9)10-13-17-18-14-10/h2-5,10H,7H2. The van der Waals surface area contributed by atoms with E-state index >= 15 is 0 Å². The van der Waals surface area contributed by atoms with E-state index in [1.807, 2.05) is 46.9 Å². The van der Waals surface area contributed by atoms with Crippen LogP contribution in [0.3, 0.4) is 0 Å². The minimum Gasteiger partial charge on any atom is -0.152 e. The summed E-state index contributed by atoms with van der Waals surface area (Å²) in [5.74, 6) is 3.42. The van der Waals surface area contributed by atoms with Crippen LogP contribution in [0.5, 0.6) is 0 Å². The quantitative estimate of drug-likeness (QED) is 0.607. The van der Waals surface area contributed by atoms with Crippen LogP contribution in [0.25, 0.3) is 11.4 Å². The van der Waals surface area contributed by atoms with Crippen molar-refractivity contribution in [1.82, 2.24) is 20.2 Å². The monoisotopic (exact) mass is 378 g/mol. The van der Waals surface area contributed by atoms with Crippen molar-refractivity contribution in [3.8, 4) is 21.2 Å². The van der Waals surface area contributed by atoms with Gasteiger partial charge in [0, 0.05) is 33.7 Å². The zero-order valence-electron chi connectivity index (χ0n) is 10.0. The number of rotatable bonds is 3. The number of benzene rings is 1. The number of halogens is 1. The molecule has 3 rings (SSSR count). The van der Waals surface area contributed by atoms with Crippen LogP contribution in [0, 0.1) is 9.85 Å². The number of nitrogens with zero attached hydrogens (tertiary/aromatic N) is 8. The molecule has 0 N–H and O–H groups in total. The first kappa shape index (κ1) is 12.8. The first-order chi connectivity index (χ1) is 9.86. The normalized spacial score (nSPS) is 13.4. The minimum absolute atomic E-state index is 0.341. The van der Waals surface area contributed by atoms with Gasteiger partial charge in [-0.1, -0.05) is 30.2 Å². The maximum Gasteiger partial charge on any atom is 0.210 e. The van der Waals surface area contributed by atoms with Gasteiger partial charge in [-0.15, -0.1) is 20.4 Å². The summed E-state index contributed by atoms with van der Waals surface area (Å²) >= 11 is 1.97. The fourth-order valence-corrected chi connectivity index (χ4v) is 1.80. The molecule has 0 aliphatic carbocycles. The molecule has 98 valence electrons. The van der Waals surface area contributed by atoms with Gasteiger partial charge in [0.25, 0.3) is 0 Å². The highest BCUT2D eigenvalue weighted by Crippen LogP contribution is 2.25. The van der Waals surface area contributed by atoms with Gasteiger partial charge in [0.05, 0.1) is 0 Å². The number of tetrazole rings is 1. The second-order valence-electron chi connectivity index (χ2n) is 3.82. The molecule has 2 aromatic rings. The Labute approximate surface area is 127 Å². The topological polar surface area (TPSA) is 93.0 Å². The highest BCUT2D eigenvalue weighted by molar-refractivity contribution is 14.1. The zero-order chi connectivity index (χ0) is 13.8. The summed E-state index contributed by atoms with van der Waals surface area (Å²) in [5, 5.41) is 26.9. The predicted octanol–water partition coefficient (Wildman–Crippen LogP) is 2.57. The molecule has 0 bridgehead atoms. The van der Waals surface area contributed by atoms with Crippen molar-refractivity contribution in [1.29, 1.82) is 0 Å². The average Bonchev–Trinajstić information content (AvgIpc) is 3.17. The SMILES string of the molecule is IC#CCn1nnc(-c2ccc(C3N=NN=N3)cc2)n1. The Balaban J connectivity index is 1.79. The maximum atomic E-state index is 4.25. The summed E-state index contributed by atoms with van der Waals surface area (Å²) in [6.45, 7) is 0.427. The lowest BCUT2D eigenvalue weighted by Gasteiger charge is -2.01. The molecular formula is C11H7IN8. The van der Waals surface area contributed by atoms with Gasteiger partial charge in [0.1, 0.15) is 6.54 Å². The molecule has 0 unspecified atom stereocenters. The summed E-state index contributed by atoms with van der Waals surface area (Å²) in [6, 6.07) is 7.58. The van der Waals surface area contributed by atoms with E-state index in [9.17, 15) is 0 Å². The molecule has 1 aliphatic heterocycles. The fourth-order valence-electron chi connectivity index (χ4n) is 1.63. The van der Waals surface area contributed by atoms with Crippen LogP contribution in [-0.2, 0) is 6.54 Å². The van der Waals surface area contributed by atoms with Gasteiger partial charge in [0.2, 0.25) is 12.0 Å². The van der Waals surface area contributed by atoms with E-state index in [2.05, 4.69) is 45.9 Å². The fraction of sp³-hybridized carbons (Fsp3) is 0.182. The number of hydrogen-bond donors (Lipinski definition) is 0. The summed E-state index contributed by atoms with van der Waals surface area (Å²) in [4.78, 5) is 1.45. The Morgan fingerprint density at radius 1 is 1.15 bits per heavy atom. The van der Waals surface area contributed by atoms with E-state index in [-0.39, 0.29) is 6.17 Å². The second-order valence-corrected chi connectivity index (χ2v) is 4.36. The Hall–Kier alpha value is -2.22. The molecule has 0 saturated heterocycles.